The summed E-state index contributed by atoms with van der Waals surface area (Å²) in [4.78, 5) is 33.3. The van der Waals surface area contributed by atoms with Crippen LogP contribution in [-0.2, 0) is 24.4 Å². The summed E-state index contributed by atoms with van der Waals surface area (Å²) in [5, 5.41) is 2.78. The lowest BCUT2D eigenvalue weighted by Crippen LogP contribution is -2.36. The third-order valence-corrected chi connectivity index (χ3v) is 6.94. The lowest BCUT2D eigenvalue weighted by molar-refractivity contribution is -0.116. The van der Waals surface area contributed by atoms with Gasteiger partial charge in [0.2, 0.25) is 5.91 Å². The van der Waals surface area contributed by atoms with Gasteiger partial charge in [0.1, 0.15) is 0 Å². The molecule has 10 nitrogen and oxygen atoms in total. The van der Waals surface area contributed by atoms with Crippen LogP contribution in [0.5, 0.6) is 0 Å². The molecule has 2 aromatic carbocycles. The molecule has 3 rings (SSSR count). The van der Waals surface area contributed by atoms with Crippen molar-refractivity contribution in [1.82, 2.24) is 9.37 Å². The van der Waals surface area contributed by atoms with Crippen LogP contribution >= 0.6 is 0 Å². The molecular weight excluding hydrogens is 448 g/mol. The second-order valence-corrected chi connectivity index (χ2v) is 9.41. The molecule has 0 unspecified atom stereocenters. The van der Waals surface area contributed by atoms with E-state index < -0.39 is 15.9 Å². The summed E-state index contributed by atoms with van der Waals surface area (Å²) in [6.45, 7) is 2.89. The molecule has 0 aromatic heterocycles. The molecule has 2 aromatic rings. The summed E-state index contributed by atoms with van der Waals surface area (Å²) in [5.74, 6) is -0.747. The highest BCUT2D eigenvalue weighted by Crippen LogP contribution is 2.19. The first-order valence-corrected chi connectivity index (χ1v) is 11.8. The number of nitrogens with zero attached hydrogens (tertiary/aromatic N) is 3. The van der Waals surface area contributed by atoms with E-state index in [1.165, 1.54) is 50.4 Å². The van der Waals surface area contributed by atoms with E-state index >= 15 is 0 Å². The van der Waals surface area contributed by atoms with Crippen molar-refractivity contribution in [2.45, 2.75) is 4.90 Å². The van der Waals surface area contributed by atoms with Gasteiger partial charge in [-0.05, 0) is 48.5 Å². The fraction of sp³-hybridized carbons (Fsp3) is 0.364. The summed E-state index contributed by atoms with van der Waals surface area (Å²) < 4.78 is 30.6. The van der Waals surface area contributed by atoms with Gasteiger partial charge < -0.3 is 19.9 Å². The van der Waals surface area contributed by atoms with E-state index in [0.29, 0.717) is 18.9 Å². The number of carbonyl (C=O) groups is 2. The Bertz CT molecular complexity index is 1070. The third kappa shape index (κ3) is 6.08. The standard InChI is InChI=1S/C22H28N4O6S/c1-24(22(28)17-4-10-20(11-5-17)33(29,30)25(2)31-3)16-21(27)23-18-6-8-19(9-7-18)26-12-14-32-15-13-26/h4-11H,12-16H2,1-3H3,(H,23,27). The predicted molar refractivity (Wildman–Crippen MR) is 123 cm³/mol. The Morgan fingerprint density at radius 3 is 2.21 bits per heavy atom. The molecule has 0 aliphatic carbocycles. The van der Waals surface area contributed by atoms with Gasteiger partial charge >= 0.3 is 0 Å². The van der Waals surface area contributed by atoms with Gasteiger partial charge in [0.05, 0.1) is 31.8 Å². The molecule has 0 bridgehead atoms. The molecule has 1 N–H and O–H groups in total. The fourth-order valence-corrected chi connectivity index (χ4v) is 4.27. The number of nitrogens with one attached hydrogen (secondary N) is 1. The zero-order valence-electron chi connectivity index (χ0n) is 18.9. The van der Waals surface area contributed by atoms with Crippen LogP contribution in [0.15, 0.2) is 53.4 Å². The Morgan fingerprint density at radius 2 is 1.64 bits per heavy atom. The smallest absolute Gasteiger partial charge is 0.264 e. The molecule has 1 aliphatic heterocycles. The summed E-state index contributed by atoms with van der Waals surface area (Å²) in [6, 6.07) is 13.0. The summed E-state index contributed by atoms with van der Waals surface area (Å²) in [7, 11) is 0.223. The first kappa shape index (κ1) is 24.6. The molecule has 1 heterocycles. The van der Waals surface area contributed by atoms with Crippen molar-refractivity contribution < 1.29 is 27.6 Å². The molecule has 1 fully saturated rings. The van der Waals surface area contributed by atoms with Gasteiger partial charge in [-0.3, -0.25) is 14.4 Å². The molecule has 0 radical (unpaired) electrons. The minimum absolute atomic E-state index is 0.00989. The number of rotatable bonds is 8. The van der Waals surface area contributed by atoms with Gasteiger partial charge in [0.25, 0.3) is 15.9 Å². The average molecular weight is 477 g/mol. The summed E-state index contributed by atoms with van der Waals surface area (Å²) in [5.41, 5.74) is 1.96. The number of benzene rings is 2. The van der Waals surface area contributed by atoms with Crippen molar-refractivity contribution in [3.05, 3.63) is 54.1 Å². The molecule has 0 atom stereocenters. The first-order valence-electron chi connectivity index (χ1n) is 10.3. The lowest BCUT2D eigenvalue weighted by atomic mass is 10.2. The van der Waals surface area contributed by atoms with E-state index in [-0.39, 0.29) is 22.9 Å². The Labute approximate surface area is 193 Å². The van der Waals surface area contributed by atoms with E-state index in [1.807, 2.05) is 24.3 Å². The first-order chi connectivity index (χ1) is 15.7. The van der Waals surface area contributed by atoms with Gasteiger partial charge in [0.15, 0.2) is 0 Å². The van der Waals surface area contributed by atoms with Crippen molar-refractivity contribution in [1.29, 1.82) is 0 Å². The van der Waals surface area contributed by atoms with Crippen LogP contribution in [0.4, 0.5) is 11.4 Å². The van der Waals surface area contributed by atoms with Crippen LogP contribution in [0.3, 0.4) is 0 Å². The number of hydrogen-bond acceptors (Lipinski definition) is 7. The lowest BCUT2D eigenvalue weighted by Gasteiger charge is -2.28. The van der Waals surface area contributed by atoms with Crippen molar-refractivity contribution in [2.75, 3.05) is 64.3 Å². The monoisotopic (exact) mass is 476 g/mol. The minimum Gasteiger partial charge on any atom is -0.378 e. The van der Waals surface area contributed by atoms with E-state index in [4.69, 9.17) is 9.57 Å². The topological polar surface area (TPSA) is 108 Å². The maximum atomic E-state index is 12.6. The quantitative estimate of drug-likeness (QED) is 0.574. The van der Waals surface area contributed by atoms with Crippen molar-refractivity contribution in [2.24, 2.45) is 0 Å². The molecule has 11 heteroatoms. The largest absolute Gasteiger partial charge is 0.378 e. The normalized spacial score (nSPS) is 14.2. The number of carbonyl (C=O) groups excluding carboxylic acids is 2. The molecule has 1 saturated heterocycles. The number of likely N-dealkylation sites (N-methyl/N-ethyl adjacent to an activating group) is 1. The van der Waals surface area contributed by atoms with Crippen molar-refractivity contribution in [3.8, 4) is 0 Å². The second kappa shape index (κ2) is 10.8. The number of amides is 2. The van der Waals surface area contributed by atoms with Gasteiger partial charge in [-0.25, -0.2) is 8.42 Å². The van der Waals surface area contributed by atoms with Gasteiger partial charge in [-0.1, -0.05) is 4.47 Å². The van der Waals surface area contributed by atoms with Crippen LogP contribution in [0.25, 0.3) is 0 Å². The summed E-state index contributed by atoms with van der Waals surface area (Å²) in [6.07, 6.45) is 0. The Balaban J connectivity index is 1.56. The maximum Gasteiger partial charge on any atom is 0.264 e. The van der Waals surface area contributed by atoms with E-state index in [2.05, 4.69) is 10.2 Å². The second-order valence-electron chi connectivity index (χ2n) is 7.48. The van der Waals surface area contributed by atoms with Crippen molar-refractivity contribution in [3.63, 3.8) is 0 Å². The van der Waals surface area contributed by atoms with Crippen LogP contribution in [0.2, 0.25) is 0 Å². The van der Waals surface area contributed by atoms with Gasteiger partial charge in [-0.2, -0.15) is 0 Å². The van der Waals surface area contributed by atoms with Crippen LogP contribution < -0.4 is 10.2 Å². The van der Waals surface area contributed by atoms with Gasteiger partial charge in [-0.15, -0.1) is 0 Å². The SMILES string of the molecule is CON(C)S(=O)(=O)c1ccc(C(=O)N(C)CC(=O)Nc2ccc(N3CCOCC3)cc2)cc1. The number of hydroxylamine groups is 1. The van der Waals surface area contributed by atoms with E-state index in [9.17, 15) is 18.0 Å². The Kier molecular flexibility index (Phi) is 8.03. The highest BCUT2D eigenvalue weighted by atomic mass is 32.2. The minimum atomic E-state index is -3.80. The molecule has 178 valence electrons. The third-order valence-electron chi connectivity index (χ3n) is 5.25. The maximum absolute atomic E-state index is 12.6. The number of anilines is 2. The molecule has 0 spiro atoms. The number of sulfonamides is 1. The van der Waals surface area contributed by atoms with E-state index in [1.54, 1.807) is 0 Å². The highest BCUT2D eigenvalue weighted by Gasteiger charge is 2.22. The molecule has 0 saturated carbocycles. The Morgan fingerprint density at radius 1 is 1.03 bits per heavy atom. The zero-order valence-corrected chi connectivity index (χ0v) is 19.7. The van der Waals surface area contributed by atoms with Crippen LogP contribution in [0, 0.1) is 0 Å². The molecule has 2 amide bonds. The number of ether oxygens (including phenoxy) is 1. The average Bonchev–Trinajstić information content (AvgIpc) is 2.84. The van der Waals surface area contributed by atoms with Crippen LogP contribution in [0.1, 0.15) is 10.4 Å². The van der Waals surface area contributed by atoms with Crippen LogP contribution in [-0.4, -0.2) is 83.7 Å². The number of hydrogen-bond donors (Lipinski definition) is 1. The predicted octanol–water partition coefficient (Wildman–Crippen LogP) is 1.42. The van der Waals surface area contributed by atoms with E-state index in [0.717, 1.165) is 23.2 Å². The van der Waals surface area contributed by atoms with Crippen molar-refractivity contribution >= 4 is 33.2 Å². The number of morpholine rings is 1. The highest BCUT2D eigenvalue weighted by molar-refractivity contribution is 7.89. The zero-order chi connectivity index (χ0) is 24.0. The Hall–Kier alpha value is -2.99. The van der Waals surface area contributed by atoms with Gasteiger partial charge in [0, 0.05) is 44.1 Å². The summed E-state index contributed by atoms with van der Waals surface area (Å²) >= 11 is 0. The molecular formula is C22H28N4O6S. The fourth-order valence-electron chi connectivity index (χ4n) is 3.30. The molecule has 1 aliphatic rings. The molecule has 33 heavy (non-hydrogen) atoms.